The van der Waals surface area contributed by atoms with Crippen LogP contribution in [0.4, 0.5) is 0 Å². The van der Waals surface area contributed by atoms with Gasteiger partial charge < -0.3 is 5.32 Å². The molecule has 68 valence electrons. The van der Waals surface area contributed by atoms with Crippen molar-refractivity contribution in [3.05, 3.63) is 25.3 Å². The van der Waals surface area contributed by atoms with Gasteiger partial charge in [0.05, 0.1) is 0 Å². The summed E-state index contributed by atoms with van der Waals surface area (Å²) in [6, 6.07) is 0.657. The van der Waals surface area contributed by atoms with E-state index in [1.54, 1.807) is 0 Å². The van der Waals surface area contributed by atoms with Crippen molar-refractivity contribution in [3.63, 3.8) is 0 Å². The molecule has 1 rings (SSSR count). The molecule has 0 aromatic carbocycles. The third-order valence-electron chi connectivity index (χ3n) is 2.72. The molecule has 0 bridgehead atoms. The summed E-state index contributed by atoms with van der Waals surface area (Å²) >= 11 is 0. The molecule has 1 atom stereocenters. The Balaban J connectivity index is 2.59. The molecule has 0 radical (unpaired) electrons. The number of allylic oxidation sites excluding steroid dienone is 2. The van der Waals surface area contributed by atoms with Gasteiger partial charge in [-0.15, -0.1) is 13.2 Å². The second-order valence-electron chi connectivity index (χ2n) is 3.97. The van der Waals surface area contributed by atoms with Crippen LogP contribution in [0.5, 0.6) is 0 Å². The lowest BCUT2D eigenvalue weighted by Crippen LogP contribution is -2.22. The van der Waals surface area contributed by atoms with Crippen LogP contribution in [0.2, 0.25) is 0 Å². The molecule has 1 heteroatoms. The normalized spacial score (nSPS) is 26.9. The molecule has 12 heavy (non-hydrogen) atoms. The largest absolute Gasteiger partial charge is 0.314 e. The van der Waals surface area contributed by atoms with Gasteiger partial charge in [0.2, 0.25) is 0 Å². The minimum atomic E-state index is 0.420. The summed E-state index contributed by atoms with van der Waals surface area (Å²) in [6.07, 6.45) is 7.53. The van der Waals surface area contributed by atoms with Gasteiger partial charge >= 0.3 is 0 Å². The first-order valence-corrected chi connectivity index (χ1v) is 4.68. The fraction of sp³-hybridized carbons (Fsp3) is 0.636. The van der Waals surface area contributed by atoms with E-state index in [-0.39, 0.29) is 0 Å². The quantitative estimate of drug-likeness (QED) is 0.631. The summed E-state index contributed by atoms with van der Waals surface area (Å²) in [7, 11) is 0. The first kappa shape index (κ1) is 9.53. The lowest BCUT2D eigenvalue weighted by Gasteiger charge is -2.25. The maximum atomic E-state index is 3.81. The van der Waals surface area contributed by atoms with Crippen molar-refractivity contribution in [1.82, 2.24) is 5.32 Å². The summed E-state index contributed by atoms with van der Waals surface area (Å²) in [5.74, 6) is 0. The van der Waals surface area contributed by atoms with Crippen LogP contribution in [0.25, 0.3) is 0 Å². The molecule has 1 heterocycles. The molecule has 1 nitrogen and oxygen atoms in total. The minimum Gasteiger partial charge on any atom is -0.314 e. The second kappa shape index (κ2) is 3.90. The summed E-state index contributed by atoms with van der Waals surface area (Å²) in [5.41, 5.74) is 0.420. The second-order valence-corrected chi connectivity index (χ2v) is 3.97. The zero-order valence-electron chi connectivity index (χ0n) is 7.97. The van der Waals surface area contributed by atoms with Gasteiger partial charge in [0.15, 0.2) is 0 Å². The van der Waals surface area contributed by atoms with Crippen molar-refractivity contribution < 1.29 is 0 Å². The van der Waals surface area contributed by atoms with Crippen LogP contribution in [0.3, 0.4) is 0 Å². The van der Waals surface area contributed by atoms with E-state index in [4.69, 9.17) is 0 Å². The standard InChI is InChI=1S/C11H19N/c1-4-6-11(7-5-2)8-10(3)12-9-11/h4-5,10,12H,1-2,6-9H2,3H3. The van der Waals surface area contributed by atoms with Crippen molar-refractivity contribution in [3.8, 4) is 0 Å². The van der Waals surface area contributed by atoms with E-state index < -0.39 is 0 Å². The van der Waals surface area contributed by atoms with Crippen molar-refractivity contribution in [2.45, 2.75) is 32.2 Å². The molecule has 0 aromatic rings. The van der Waals surface area contributed by atoms with Gasteiger partial charge in [-0.2, -0.15) is 0 Å². The van der Waals surface area contributed by atoms with E-state index in [2.05, 4.69) is 25.4 Å². The molecule has 1 aliphatic rings. The van der Waals surface area contributed by atoms with Crippen LogP contribution < -0.4 is 5.32 Å². The Kier molecular flexibility index (Phi) is 3.10. The van der Waals surface area contributed by atoms with Crippen molar-refractivity contribution >= 4 is 0 Å². The first-order chi connectivity index (χ1) is 5.72. The Hall–Kier alpha value is -0.560. The zero-order chi connectivity index (χ0) is 9.03. The smallest absolute Gasteiger partial charge is 0.00449 e. The maximum absolute atomic E-state index is 3.81. The Bertz CT molecular complexity index is 162. The van der Waals surface area contributed by atoms with Gasteiger partial charge in [-0.3, -0.25) is 0 Å². The van der Waals surface area contributed by atoms with Gasteiger partial charge in [-0.1, -0.05) is 12.2 Å². The predicted molar refractivity (Wildman–Crippen MR) is 54.1 cm³/mol. The SMILES string of the molecule is C=CCC1(CC=C)CNC(C)C1. The Morgan fingerprint density at radius 1 is 1.42 bits per heavy atom. The number of nitrogens with one attached hydrogen (secondary N) is 1. The van der Waals surface area contributed by atoms with Crippen LogP contribution >= 0.6 is 0 Å². The fourth-order valence-electron chi connectivity index (χ4n) is 2.19. The molecule has 0 saturated carbocycles. The third kappa shape index (κ3) is 1.98. The Morgan fingerprint density at radius 3 is 2.33 bits per heavy atom. The lowest BCUT2D eigenvalue weighted by molar-refractivity contribution is 0.326. The molecule has 1 unspecified atom stereocenters. The maximum Gasteiger partial charge on any atom is 0.00449 e. The summed E-state index contributed by atoms with van der Waals surface area (Å²) in [4.78, 5) is 0. The van der Waals surface area contributed by atoms with Gasteiger partial charge in [0.25, 0.3) is 0 Å². The van der Waals surface area contributed by atoms with Crippen molar-refractivity contribution in [2.24, 2.45) is 5.41 Å². The fourth-order valence-corrected chi connectivity index (χ4v) is 2.19. The summed E-state index contributed by atoms with van der Waals surface area (Å²) in [5, 5.41) is 3.48. The highest BCUT2D eigenvalue weighted by atomic mass is 15.0. The molecular weight excluding hydrogens is 146 g/mol. The Labute approximate surface area is 75.6 Å². The van der Waals surface area contributed by atoms with E-state index in [9.17, 15) is 0 Å². The average molecular weight is 165 g/mol. The number of hydrogen-bond acceptors (Lipinski definition) is 1. The van der Waals surface area contributed by atoms with E-state index in [0.29, 0.717) is 11.5 Å². The van der Waals surface area contributed by atoms with Gasteiger partial charge in [0.1, 0.15) is 0 Å². The van der Waals surface area contributed by atoms with E-state index in [1.165, 1.54) is 6.42 Å². The van der Waals surface area contributed by atoms with Crippen molar-refractivity contribution in [2.75, 3.05) is 6.54 Å². The van der Waals surface area contributed by atoms with Crippen molar-refractivity contribution in [1.29, 1.82) is 0 Å². The molecule has 0 amide bonds. The molecule has 1 saturated heterocycles. The number of hydrogen-bond donors (Lipinski definition) is 1. The molecule has 1 fully saturated rings. The highest BCUT2D eigenvalue weighted by molar-refractivity contribution is 4.99. The highest BCUT2D eigenvalue weighted by Gasteiger charge is 2.34. The monoisotopic (exact) mass is 165 g/mol. The molecule has 0 aliphatic carbocycles. The minimum absolute atomic E-state index is 0.420. The molecule has 0 spiro atoms. The summed E-state index contributed by atoms with van der Waals surface area (Å²) < 4.78 is 0. The van der Waals surface area contributed by atoms with E-state index in [0.717, 1.165) is 19.4 Å². The highest BCUT2D eigenvalue weighted by Crippen LogP contribution is 2.36. The van der Waals surface area contributed by atoms with Crippen LogP contribution in [-0.4, -0.2) is 12.6 Å². The third-order valence-corrected chi connectivity index (χ3v) is 2.72. The first-order valence-electron chi connectivity index (χ1n) is 4.68. The van der Waals surface area contributed by atoms with Crippen LogP contribution in [0, 0.1) is 5.41 Å². The van der Waals surface area contributed by atoms with Crippen LogP contribution in [0.15, 0.2) is 25.3 Å². The van der Waals surface area contributed by atoms with Gasteiger partial charge in [0, 0.05) is 12.6 Å². The molecule has 0 aromatic heterocycles. The Morgan fingerprint density at radius 2 is 2.00 bits per heavy atom. The van der Waals surface area contributed by atoms with E-state index >= 15 is 0 Å². The van der Waals surface area contributed by atoms with Crippen LogP contribution in [-0.2, 0) is 0 Å². The number of rotatable bonds is 4. The summed E-state index contributed by atoms with van der Waals surface area (Å²) in [6.45, 7) is 11.0. The molecular formula is C11H19N. The topological polar surface area (TPSA) is 12.0 Å². The molecule has 1 N–H and O–H groups in total. The van der Waals surface area contributed by atoms with Gasteiger partial charge in [-0.05, 0) is 31.6 Å². The van der Waals surface area contributed by atoms with Gasteiger partial charge in [-0.25, -0.2) is 0 Å². The lowest BCUT2D eigenvalue weighted by atomic mass is 9.79. The van der Waals surface area contributed by atoms with Crippen LogP contribution in [0.1, 0.15) is 26.2 Å². The molecule has 1 aliphatic heterocycles. The predicted octanol–water partition coefficient (Wildman–Crippen LogP) is 2.51. The zero-order valence-corrected chi connectivity index (χ0v) is 7.97. The van der Waals surface area contributed by atoms with E-state index in [1.807, 2.05) is 12.2 Å². The average Bonchev–Trinajstić information content (AvgIpc) is 2.34.